The maximum Gasteiger partial charge on any atom is 0.328 e. The van der Waals surface area contributed by atoms with E-state index in [0.29, 0.717) is 25.1 Å². The first-order valence-corrected chi connectivity index (χ1v) is 8.19. The number of nitrogens with one attached hydrogen (secondary N) is 1. The molecule has 25 heavy (non-hydrogen) atoms. The maximum atomic E-state index is 12.1. The third kappa shape index (κ3) is 3.74. The molecule has 2 aromatic carbocycles. The number of rotatable bonds is 6. The van der Waals surface area contributed by atoms with Gasteiger partial charge in [0.2, 0.25) is 5.91 Å². The first kappa shape index (κ1) is 16.8. The number of fused-ring (bicyclic) bond motifs is 1. The lowest BCUT2D eigenvalue weighted by atomic mass is 10.2. The van der Waals surface area contributed by atoms with Crippen molar-refractivity contribution >= 4 is 22.6 Å². The van der Waals surface area contributed by atoms with Gasteiger partial charge in [-0.1, -0.05) is 18.2 Å². The van der Waals surface area contributed by atoms with Crippen molar-refractivity contribution in [3.05, 3.63) is 59.0 Å². The van der Waals surface area contributed by atoms with Gasteiger partial charge < -0.3 is 10.1 Å². The van der Waals surface area contributed by atoms with Gasteiger partial charge in [0, 0.05) is 26.2 Å². The topological polar surface area (TPSA) is 65.3 Å². The molecule has 0 bridgehead atoms. The molecule has 1 aromatic heterocycles. The van der Waals surface area contributed by atoms with Gasteiger partial charge in [-0.3, -0.25) is 13.9 Å². The Hall–Kier alpha value is -3.02. The standard InChI is InChI=1S/C19H21N3O3/c1-21-16-11-10-14(13-17(16)22(2)19(21)24)20-18(23)9-6-12-25-15-7-4-3-5-8-15/h3-5,7-8,10-11,13H,6,9,12H2,1-2H3,(H,20,23). The fraction of sp³-hybridized carbons (Fsp3) is 0.263. The fourth-order valence-corrected chi connectivity index (χ4v) is 2.75. The normalized spacial score (nSPS) is 10.8. The number of anilines is 1. The largest absolute Gasteiger partial charge is 0.494 e. The number of amides is 1. The van der Waals surface area contributed by atoms with Crippen LogP contribution in [0.3, 0.4) is 0 Å². The van der Waals surface area contributed by atoms with E-state index in [1.54, 1.807) is 29.3 Å². The Morgan fingerprint density at radius 1 is 1.04 bits per heavy atom. The van der Waals surface area contributed by atoms with E-state index >= 15 is 0 Å². The van der Waals surface area contributed by atoms with Crippen LogP contribution in [-0.4, -0.2) is 21.6 Å². The molecule has 0 unspecified atom stereocenters. The summed E-state index contributed by atoms with van der Waals surface area (Å²) in [7, 11) is 3.45. The van der Waals surface area contributed by atoms with Crippen molar-refractivity contribution < 1.29 is 9.53 Å². The Morgan fingerprint density at radius 2 is 1.76 bits per heavy atom. The summed E-state index contributed by atoms with van der Waals surface area (Å²) in [6.07, 6.45) is 1.01. The number of hydrogen-bond donors (Lipinski definition) is 1. The molecule has 6 nitrogen and oxygen atoms in total. The second-order valence-corrected chi connectivity index (χ2v) is 5.92. The zero-order chi connectivity index (χ0) is 17.8. The summed E-state index contributed by atoms with van der Waals surface area (Å²) in [5.74, 6) is 0.732. The predicted molar refractivity (Wildman–Crippen MR) is 98.0 cm³/mol. The second-order valence-electron chi connectivity index (χ2n) is 5.92. The molecule has 0 fully saturated rings. The van der Waals surface area contributed by atoms with Crippen molar-refractivity contribution in [1.29, 1.82) is 0 Å². The Morgan fingerprint density at radius 3 is 2.52 bits per heavy atom. The monoisotopic (exact) mass is 339 g/mol. The fourth-order valence-electron chi connectivity index (χ4n) is 2.75. The zero-order valence-electron chi connectivity index (χ0n) is 14.4. The van der Waals surface area contributed by atoms with Crippen molar-refractivity contribution in [2.45, 2.75) is 12.8 Å². The molecule has 3 aromatic rings. The van der Waals surface area contributed by atoms with Crippen molar-refractivity contribution in [2.75, 3.05) is 11.9 Å². The molecule has 0 atom stereocenters. The first-order chi connectivity index (χ1) is 12.1. The minimum atomic E-state index is -0.0865. The number of aryl methyl sites for hydroxylation is 2. The van der Waals surface area contributed by atoms with Crippen LogP contribution in [0.5, 0.6) is 5.75 Å². The number of para-hydroxylation sites is 1. The van der Waals surface area contributed by atoms with Crippen LogP contribution >= 0.6 is 0 Å². The molecular weight excluding hydrogens is 318 g/mol. The van der Waals surface area contributed by atoms with Gasteiger partial charge in [-0.2, -0.15) is 0 Å². The number of carbonyl (C=O) groups is 1. The summed E-state index contributed by atoms with van der Waals surface area (Å²) in [5, 5.41) is 2.87. The van der Waals surface area contributed by atoms with Crippen LogP contribution in [0.25, 0.3) is 11.0 Å². The van der Waals surface area contributed by atoms with Gasteiger partial charge in [0.25, 0.3) is 0 Å². The van der Waals surface area contributed by atoms with E-state index in [0.717, 1.165) is 16.8 Å². The minimum absolute atomic E-state index is 0.0723. The highest BCUT2D eigenvalue weighted by atomic mass is 16.5. The van der Waals surface area contributed by atoms with Gasteiger partial charge in [0.15, 0.2) is 0 Å². The summed E-state index contributed by atoms with van der Waals surface area (Å²) in [5.41, 5.74) is 2.22. The molecule has 0 aliphatic rings. The van der Waals surface area contributed by atoms with Crippen molar-refractivity contribution in [3.8, 4) is 5.75 Å². The highest BCUT2D eigenvalue weighted by molar-refractivity contribution is 5.93. The smallest absolute Gasteiger partial charge is 0.328 e. The number of nitrogens with zero attached hydrogens (tertiary/aromatic N) is 2. The molecule has 0 aliphatic carbocycles. The molecule has 0 saturated carbocycles. The first-order valence-electron chi connectivity index (χ1n) is 8.19. The highest BCUT2D eigenvalue weighted by Gasteiger charge is 2.09. The lowest BCUT2D eigenvalue weighted by molar-refractivity contribution is -0.116. The molecule has 130 valence electrons. The molecule has 0 spiro atoms. The molecule has 1 amide bonds. The number of benzene rings is 2. The Kier molecular flexibility index (Phi) is 4.88. The van der Waals surface area contributed by atoms with Crippen LogP contribution in [0.1, 0.15) is 12.8 Å². The van der Waals surface area contributed by atoms with Gasteiger partial charge >= 0.3 is 5.69 Å². The van der Waals surface area contributed by atoms with Crippen molar-refractivity contribution in [1.82, 2.24) is 9.13 Å². The van der Waals surface area contributed by atoms with E-state index in [1.807, 2.05) is 42.5 Å². The summed E-state index contributed by atoms with van der Waals surface area (Å²) in [6, 6.07) is 15.0. The van der Waals surface area contributed by atoms with Gasteiger partial charge in [0.05, 0.1) is 17.6 Å². The van der Waals surface area contributed by atoms with Crippen LogP contribution in [0.15, 0.2) is 53.3 Å². The number of aromatic nitrogens is 2. The van der Waals surface area contributed by atoms with Gasteiger partial charge in [-0.15, -0.1) is 0 Å². The molecular formula is C19H21N3O3. The molecule has 1 heterocycles. The molecule has 6 heteroatoms. The third-order valence-corrected chi connectivity index (χ3v) is 4.12. The van der Waals surface area contributed by atoms with E-state index in [-0.39, 0.29) is 11.6 Å². The van der Waals surface area contributed by atoms with Crippen LogP contribution in [-0.2, 0) is 18.9 Å². The van der Waals surface area contributed by atoms with Crippen molar-refractivity contribution in [3.63, 3.8) is 0 Å². The molecule has 0 radical (unpaired) electrons. The summed E-state index contributed by atoms with van der Waals surface area (Å²) >= 11 is 0. The van der Waals surface area contributed by atoms with Crippen molar-refractivity contribution in [2.24, 2.45) is 14.1 Å². The quantitative estimate of drug-likeness (QED) is 0.702. The Bertz CT molecular complexity index is 942. The van der Waals surface area contributed by atoms with E-state index in [2.05, 4.69) is 5.32 Å². The highest BCUT2D eigenvalue weighted by Crippen LogP contribution is 2.18. The third-order valence-electron chi connectivity index (χ3n) is 4.12. The Balaban J connectivity index is 1.55. The lowest BCUT2D eigenvalue weighted by Gasteiger charge is -2.07. The van der Waals surface area contributed by atoms with Crippen LogP contribution in [0.2, 0.25) is 0 Å². The van der Waals surface area contributed by atoms with Gasteiger partial charge in [-0.05, 0) is 36.8 Å². The average Bonchev–Trinajstić information content (AvgIpc) is 2.84. The van der Waals surface area contributed by atoms with Gasteiger partial charge in [-0.25, -0.2) is 4.79 Å². The molecule has 0 aliphatic heterocycles. The van der Waals surface area contributed by atoms with Crippen LogP contribution in [0, 0.1) is 0 Å². The SMILES string of the molecule is Cn1c(=O)n(C)c2cc(NC(=O)CCCOc3ccccc3)ccc21. The number of imidazole rings is 1. The number of ether oxygens (including phenoxy) is 1. The number of carbonyl (C=O) groups excluding carboxylic acids is 1. The number of hydrogen-bond acceptors (Lipinski definition) is 3. The van der Waals surface area contributed by atoms with E-state index in [4.69, 9.17) is 4.74 Å². The summed E-state index contributed by atoms with van der Waals surface area (Å²) < 4.78 is 8.73. The van der Waals surface area contributed by atoms with Crippen LogP contribution < -0.4 is 15.7 Å². The predicted octanol–water partition coefficient (Wildman–Crippen LogP) is 2.67. The zero-order valence-corrected chi connectivity index (χ0v) is 14.4. The second kappa shape index (κ2) is 7.25. The van der Waals surface area contributed by atoms with E-state index < -0.39 is 0 Å². The summed E-state index contributed by atoms with van der Waals surface area (Å²) in [6.45, 7) is 0.490. The van der Waals surface area contributed by atoms with Crippen LogP contribution in [0.4, 0.5) is 5.69 Å². The minimum Gasteiger partial charge on any atom is -0.494 e. The molecule has 1 N–H and O–H groups in total. The van der Waals surface area contributed by atoms with E-state index in [1.165, 1.54) is 0 Å². The molecule has 3 rings (SSSR count). The Labute approximate surface area is 145 Å². The van der Waals surface area contributed by atoms with Gasteiger partial charge in [0.1, 0.15) is 5.75 Å². The maximum absolute atomic E-state index is 12.1. The molecule has 0 saturated heterocycles. The average molecular weight is 339 g/mol. The van der Waals surface area contributed by atoms with E-state index in [9.17, 15) is 9.59 Å². The summed E-state index contributed by atoms with van der Waals surface area (Å²) in [4.78, 5) is 24.0. The lowest BCUT2D eigenvalue weighted by Crippen LogP contribution is -2.19.